The summed E-state index contributed by atoms with van der Waals surface area (Å²) >= 11 is 1.58. The summed E-state index contributed by atoms with van der Waals surface area (Å²) in [6.45, 7) is 4.28. The molecule has 0 aliphatic rings. The van der Waals surface area contributed by atoms with Crippen LogP contribution in [0, 0.1) is 13.8 Å². The van der Waals surface area contributed by atoms with Gasteiger partial charge in [-0.05, 0) is 26.0 Å². The lowest BCUT2D eigenvalue weighted by atomic mass is 10.1. The van der Waals surface area contributed by atoms with Crippen LogP contribution in [-0.2, 0) is 6.54 Å². The molecule has 4 aromatic rings. The van der Waals surface area contributed by atoms with Gasteiger partial charge in [0.15, 0.2) is 0 Å². The van der Waals surface area contributed by atoms with Crippen LogP contribution >= 0.6 is 11.3 Å². The molecular weight excluding hydrogens is 330 g/mol. The molecule has 0 fully saturated rings. The number of aryl methyl sites for hydroxylation is 2. The zero-order valence-corrected chi connectivity index (χ0v) is 14.9. The third kappa shape index (κ3) is 2.98. The monoisotopic (exact) mass is 347 g/mol. The molecule has 0 aliphatic carbocycles. The Hall–Kier alpha value is -2.79. The summed E-state index contributed by atoms with van der Waals surface area (Å²) in [6, 6.07) is 16.0. The molecule has 0 saturated carbocycles. The van der Waals surface area contributed by atoms with Crippen LogP contribution in [0.15, 0.2) is 58.7 Å². The first-order valence-corrected chi connectivity index (χ1v) is 8.97. The normalized spacial score (nSPS) is 11.1. The van der Waals surface area contributed by atoms with Crippen molar-refractivity contribution in [2.45, 2.75) is 20.4 Å². The fourth-order valence-corrected chi connectivity index (χ4v) is 3.64. The van der Waals surface area contributed by atoms with Crippen LogP contribution in [0.3, 0.4) is 0 Å². The van der Waals surface area contributed by atoms with Gasteiger partial charge in [-0.1, -0.05) is 42.0 Å². The lowest BCUT2D eigenvalue weighted by Gasteiger charge is -2.09. The van der Waals surface area contributed by atoms with Crippen molar-refractivity contribution in [1.29, 1.82) is 0 Å². The number of benzene rings is 2. The highest BCUT2D eigenvalue weighted by Gasteiger charge is 2.11. The van der Waals surface area contributed by atoms with E-state index in [1.165, 1.54) is 5.56 Å². The van der Waals surface area contributed by atoms with Gasteiger partial charge >= 0.3 is 0 Å². The Balaban J connectivity index is 1.74. The third-order valence-electron chi connectivity index (χ3n) is 4.21. The second kappa shape index (κ2) is 6.26. The van der Waals surface area contributed by atoms with Crippen molar-refractivity contribution >= 4 is 22.4 Å². The quantitative estimate of drug-likeness (QED) is 0.558. The first kappa shape index (κ1) is 15.7. The Kier molecular flexibility index (Phi) is 3.93. The molecule has 0 bridgehead atoms. The van der Waals surface area contributed by atoms with Gasteiger partial charge in [0.05, 0.1) is 23.3 Å². The number of hydrogen-bond donors (Lipinski definition) is 0. The Bertz CT molecular complexity index is 1110. The molecule has 4 nitrogen and oxygen atoms in total. The largest absolute Gasteiger partial charge is 0.298 e. The SMILES string of the molecule is Cc1ccc(-c2csc(Cn3c(=O)c(C)nc4ccccc43)n2)cc1. The van der Waals surface area contributed by atoms with Crippen molar-refractivity contribution in [1.82, 2.24) is 14.5 Å². The topological polar surface area (TPSA) is 47.8 Å². The molecule has 2 heterocycles. The standard InChI is InChI=1S/C20H17N3OS/c1-13-7-9-15(10-8-13)17-12-25-19(22-17)11-23-18-6-4-3-5-16(18)21-14(2)20(23)24/h3-10,12H,11H2,1-2H3. The van der Waals surface area contributed by atoms with Gasteiger partial charge in [0.25, 0.3) is 5.56 Å². The van der Waals surface area contributed by atoms with Gasteiger partial charge in [-0.25, -0.2) is 9.97 Å². The predicted molar refractivity (Wildman–Crippen MR) is 102 cm³/mol. The van der Waals surface area contributed by atoms with Gasteiger partial charge in [-0.2, -0.15) is 0 Å². The summed E-state index contributed by atoms with van der Waals surface area (Å²) in [6.07, 6.45) is 0. The van der Waals surface area contributed by atoms with Crippen LogP contribution in [0.2, 0.25) is 0 Å². The van der Waals surface area contributed by atoms with Gasteiger partial charge in [0, 0.05) is 10.9 Å². The lowest BCUT2D eigenvalue weighted by Crippen LogP contribution is -2.24. The molecule has 25 heavy (non-hydrogen) atoms. The summed E-state index contributed by atoms with van der Waals surface area (Å²) in [5.74, 6) is 0. The average Bonchev–Trinajstić information content (AvgIpc) is 3.08. The zero-order valence-electron chi connectivity index (χ0n) is 14.1. The van der Waals surface area contributed by atoms with E-state index in [2.05, 4.69) is 36.2 Å². The molecule has 0 unspecified atom stereocenters. The minimum atomic E-state index is -0.0641. The van der Waals surface area contributed by atoms with Crippen molar-refractivity contribution in [3.05, 3.63) is 80.5 Å². The van der Waals surface area contributed by atoms with Crippen molar-refractivity contribution in [2.24, 2.45) is 0 Å². The maximum absolute atomic E-state index is 12.6. The fourth-order valence-electron chi connectivity index (χ4n) is 2.85. The van der Waals surface area contributed by atoms with Gasteiger partial charge < -0.3 is 0 Å². The maximum Gasteiger partial charge on any atom is 0.272 e. The van der Waals surface area contributed by atoms with E-state index in [4.69, 9.17) is 4.98 Å². The number of hydrogen-bond acceptors (Lipinski definition) is 4. The molecule has 5 heteroatoms. The number of fused-ring (bicyclic) bond motifs is 1. The van der Waals surface area contributed by atoms with E-state index >= 15 is 0 Å². The second-order valence-corrected chi connectivity index (χ2v) is 7.01. The summed E-state index contributed by atoms with van der Waals surface area (Å²) in [5.41, 5.74) is 5.38. The molecule has 2 aromatic carbocycles. The van der Waals surface area contributed by atoms with E-state index in [9.17, 15) is 4.79 Å². The second-order valence-electron chi connectivity index (χ2n) is 6.07. The molecule has 0 aliphatic heterocycles. The third-order valence-corrected chi connectivity index (χ3v) is 5.04. The van der Waals surface area contributed by atoms with E-state index in [-0.39, 0.29) is 5.56 Å². The average molecular weight is 347 g/mol. The van der Waals surface area contributed by atoms with E-state index in [0.29, 0.717) is 12.2 Å². The first-order chi connectivity index (χ1) is 12.1. The zero-order chi connectivity index (χ0) is 17.4. The highest BCUT2D eigenvalue weighted by Crippen LogP contribution is 2.23. The van der Waals surface area contributed by atoms with Gasteiger partial charge in [-0.3, -0.25) is 9.36 Å². The highest BCUT2D eigenvalue weighted by atomic mass is 32.1. The summed E-state index contributed by atoms with van der Waals surface area (Å²) in [4.78, 5) is 21.7. The molecule has 124 valence electrons. The maximum atomic E-state index is 12.6. The Morgan fingerprint density at radius 2 is 1.76 bits per heavy atom. The molecule has 0 atom stereocenters. The minimum absolute atomic E-state index is 0.0641. The van der Waals surface area contributed by atoms with Crippen LogP contribution in [0.5, 0.6) is 0 Å². The van der Waals surface area contributed by atoms with E-state index in [0.717, 1.165) is 27.3 Å². The predicted octanol–water partition coefficient (Wildman–Crippen LogP) is 4.19. The Labute approximate surface area is 149 Å². The van der Waals surface area contributed by atoms with Crippen molar-refractivity contribution < 1.29 is 0 Å². The van der Waals surface area contributed by atoms with Crippen LogP contribution in [0.1, 0.15) is 16.3 Å². The smallest absolute Gasteiger partial charge is 0.272 e. The molecule has 4 rings (SSSR count). The Morgan fingerprint density at radius 3 is 2.56 bits per heavy atom. The van der Waals surface area contributed by atoms with Gasteiger partial charge in [-0.15, -0.1) is 11.3 Å². The number of thiazole rings is 1. The van der Waals surface area contributed by atoms with Crippen LogP contribution in [-0.4, -0.2) is 14.5 Å². The molecule has 2 aromatic heterocycles. The molecule has 0 amide bonds. The molecule has 0 N–H and O–H groups in total. The molecule has 0 spiro atoms. The van der Waals surface area contributed by atoms with E-state index in [1.54, 1.807) is 22.8 Å². The molecule has 0 saturated heterocycles. The lowest BCUT2D eigenvalue weighted by molar-refractivity contribution is 0.771. The summed E-state index contributed by atoms with van der Waals surface area (Å²) < 4.78 is 1.76. The van der Waals surface area contributed by atoms with E-state index in [1.807, 2.05) is 29.6 Å². The Morgan fingerprint density at radius 1 is 1.00 bits per heavy atom. The summed E-state index contributed by atoms with van der Waals surface area (Å²) in [5, 5.41) is 2.95. The van der Waals surface area contributed by atoms with E-state index < -0.39 is 0 Å². The molecular formula is C20H17N3OS. The minimum Gasteiger partial charge on any atom is -0.298 e. The van der Waals surface area contributed by atoms with Crippen LogP contribution in [0.25, 0.3) is 22.3 Å². The fraction of sp³-hybridized carbons (Fsp3) is 0.150. The van der Waals surface area contributed by atoms with Crippen molar-refractivity contribution in [3.63, 3.8) is 0 Å². The number of rotatable bonds is 3. The number of aromatic nitrogens is 3. The van der Waals surface area contributed by atoms with Gasteiger partial charge in [0.2, 0.25) is 0 Å². The first-order valence-electron chi connectivity index (χ1n) is 8.09. The van der Waals surface area contributed by atoms with Crippen molar-refractivity contribution in [3.8, 4) is 11.3 Å². The van der Waals surface area contributed by atoms with Crippen LogP contribution < -0.4 is 5.56 Å². The van der Waals surface area contributed by atoms with Gasteiger partial charge in [0.1, 0.15) is 10.7 Å². The molecule has 0 radical (unpaired) electrons. The highest BCUT2D eigenvalue weighted by molar-refractivity contribution is 7.09. The number of nitrogens with zero attached hydrogens (tertiary/aromatic N) is 3. The number of para-hydroxylation sites is 2. The van der Waals surface area contributed by atoms with Crippen molar-refractivity contribution in [2.75, 3.05) is 0 Å². The van der Waals surface area contributed by atoms with Crippen LogP contribution in [0.4, 0.5) is 0 Å². The summed E-state index contributed by atoms with van der Waals surface area (Å²) in [7, 11) is 0.